The van der Waals surface area contributed by atoms with Crippen LogP contribution in [0.4, 0.5) is 0 Å². The van der Waals surface area contributed by atoms with Gasteiger partial charge in [0, 0.05) is 42.9 Å². The van der Waals surface area contributed by atoms with E-state index in [1.165, 1.54) is 0 Å². The van der Waals surface area contributed by atoms with E-state index in [2.05, 4.69) is 92.9 Å². The standard InChI is InChI=1S/C35H41N7O2/c1-4-6-11-25(5-2)20-29(43-3)24-41-18-10-12-28(22-41)35-40-39-34(44-35)26-13-15-31-30(21-26)33(38-37-31)27-14-16-32-36-17-8-7-9-19-42(32)23-27/h4-7,9,11,13-16,20-21,23,28,30-31,37H,1,8,10,12,17-19,22,24H2,2-3H3/b9-7?,11-6-,25-5+,29-20-,36-32?/t28-,30?,31?/m1/s1. The van der Waals surface area contributed by atoms with Crippen LogP contribution in [-0.4, -0.2) is 77.4 Å². The number of hydrogen-bond donors (Lipinski definition) is 1. The van der Waals surface area contributed by atoms with Crippen LogP contribution in [0.3, 0.4) is 0 Å². The Bertz CT molecular complexity index is 1550. The molecule has 5 heterocycles. The number of amidine groups is 1. The van der Waals surface area contributed by atoms with Crippen molar-refractivity contribution in [3.05, 3.63) is 114 Å². The van der Waals surface area contributed by atoms with E-state index in [0.29, 0.717) is 11.8 Å². The SMILES string of the molecule is C=C\C=C/C(/C=C(/CN1CCC[C@@H](c2nnc(C3=CC4C(C5=CN6CC=CCCN=C6C=C5)=NNC4C=C3)o2)C1)OC)=C\C. The number of hydrazone groups is 1. The highest BCUT2D eigenvalue weighted by Crippen LogP contribution is 2.33. The van der Waals surface area contributed by atoms with E-state index in [1.54, 1.807) is 13.2 Å². The summed E-state index contributed by atoms with van der Waals surface area (Å²) in [5.74, 6) is 3.41. The minimum absolute atomic E-state index is 0.0675. The molecule has 0 bridgehead atoms. The number of hydrogen-bond acceptors (Lipinski definition) is 9. The molecule has 1 fully saturated rings. The molecule has 0 radical (unpaired) electrons. The molecule has 44 heavy (non-hydrogen) atoms. The number of aliphatic imine (C=N–C) groups is 1. The van der Waals surface area contributed by atoms with Crippen LogP contribution in [0.15, 0.2) is 117 Å². The Labute approximate surface area is 259 Å². The Hall–Kier alpha value is -4.50. The first-order chi connectivity index (χ1) is 21.6. The van der Waals surface area contributed by atoms with Gasteiger partial charge in [-0.3, -0.25) is 9.89 Å². The first kappa shape index (κ1) is 29.6. The summed E-state index contributed by atoms with van der Waals surface area (Å²) in [5.41, 5.74) is 7.41. The zero-order chi connectivity index (χ0) is 30.3. The highest BCUT2D eigenvalue weighted by atomic mass is 16.5. The molecule has 0 saturated carbocycles. The number of nitrogens with one attached hydrogen (secondary N) is 1. The minimum atomic E-state index is 0.0675. The lowest BCUT2D eigenvalue weighted by Gasteiger charge is -2.31. The third-order valence-electron chi connectivity index (χ3n) is 8.48. The van der Waals surface area contributed by atoms with E-state index in [0.717, 1.165) is 86.0 Å². The molecule has 2 unspecified atom stereocenters. The monoisotopic (exact) mass is 591 g/mol. The van der Waals surface area contributed by atoms with Crippen molar-refractivity contribution < 1.29 is 9.15 Å². The Morgan fingerprint density at radius 2 is 2.14 bits per heavy atom. The fourth-order valence-electron chi connectivity index (χ4n) is 6.11. The molecular weight excluding hydrogens is 550 g/mol. The summed E-state index contributed by atoms with van der Waals surface area (Å²) < 4.78 is 12.1. The fraction of sp³-hybridized carbons (Fsp3) is 0.371. The number of nitrogens with zero attached hydrogens (tertiary/aromatic N) is 6. The van der Waals surface area contributed by atoms with E-state index in [4.69, 9.17) is 19.2 Å². The quantitative estimate of drug-likeness (QED) is 0.231. The first-order valence-electron chi connectivity index (χ1n) is 15.5. The lowest BCUT2D eigenvalue weighted by atomic mass is 9.85. The van der Waals surface area contributed by atoms with Gasteiger partial charge < -0.3 is 19.5 Å². The van der Waals surface area contributed by atoms with Crippen molar-refractivity contribution in [2.24, 2.45) is 16.0 Å². The smallest absolute Gasteiger partial charge is 0.247 e. The molecular formula is C35H41N7O2. The Morgan fingerprint density at radius 1 is 1.20 bits per heavy atom. The lowest BCUT2D eigenvalue weighted by Crippen LogP contribution is -2.36. The van der Waals surface area contributed by atoms with Crippen LogP contribution >= 0.6 is 0 Å². The van der Waals surface area contributed by atoms with E-state index in [-0.39, 0.29) is 17.9 Å². The predicted molar refractivity (Wildman–Crippen MR) is 176 cm³/mol. The van der Waals surface area contributed by atoms with Gasteiger partial charge in [-0.05, 0) is 56.5 Å². The van der Waals surface area contributed by atoms with E-state index in [1.807, 2.05) is 19.1 Å². The second-order valence-electron chi connectivity index (χ2n) is 11.4. The number of allylic oxidation sites excluding steroid dienone is 10. The van der Waals surface area contributed by atoms with Crippen LogP contribution in [0.2, 0.25) is 0 Å². The molecule has 1 aliphatic carbocycles. The van der Waals surface area contributed by atoms with E-state index >= 15 is 0 Å². The van der Waals surface area contributed by atoms with Crippen molar-refractivity contribution in [3.8, 4) is 0 Å². The van der Waals surface area contributed by atoms with Crippen molar-refractivity contribution in [2.75, 3.05) is 39.8 Å². The maximum absolute atomic E-state index is 6.33. The van der Waals surface area contributed by atoms with Gasteiger partial charge in [-0.1, -0.05) is 61.3 Å². The van der Waals surface area contributed by atoms with Crippen LogP contribution in [0, 0.1) is 5.92 Å². The van der Waals surface area contributed by atoms with Gasteiger partial charge in [0.1, 0.15) is 11.6 Å². The van der Waals surface area contributed by atoms with Gasteiger partial charge in [-0.25, -0.2) is 0 Å². The molecule has 9 heteroatoms. The van der Waals surface area contributed by atoms with Gasteiger partial charge in [0.05, 0.1) is 31.3 Å². The summed E-state index contributed by atoms with van der Waals surface area (Å²) in [6.07, 6.45) is 30.1. The third kappa shape index (κ3) is 6.68. The van der Waals surface area contributed by atoms with Crippen molar-refractivity contribution in [3.63, 3.8) is 0 Å². The largest absolute Gasteiger partial charge is 0.500 e. The molecule has 9 nitrogen and oxygen atoms in total. The number of methoxy groups -OCH3 is 1. The van der Waals surface area contributed by atoms with Crippen LogP contribution in [0.25, 0.3) is 5.57 Å². The summed E-state index contributed by atoms with van der Waals surface area (Å²) in [4.78, 5) is 9.31. The molecule has 3 atom stereocenters. The van der Waals surface area contributed by atoms with E-state index in [9.17, 15) is 0 Å². The molecule has 1 aromatic heterocycles. The Balaban J connectivity index is 1.14. The maximum atomic E-state index is 6.33. The molecule has 1 saturated heterocycles. The van der Waals surface area contributed by atoms with Crippen LogP contribution in [0.5, 0.6) is 0 Å². The van der Waals surface area contributed by atoms with Crippen LogP contribution in [0.1, 0.15) is 43.9 Å². The Morgan fingerprint density at radius 3 is 3.00 bits per heavy atom. The predicted octanol–water partition coefficient (Wildman–Crippen LogP) is 5.48. The highest BCUT2D eigenvalue weighted by Gasteiger charge is 2.34. The van der Waals surface area contributed by atoms with Gasteiger partial charge in [0.2, 0.25) is 11.8 Å². The van der Waals surface area contributed by atoms with Gasteiger partial charge >= 0.3 is 0 Å². The van der Waals surface area contributed by atoms with Crippen molar-refractivity contribution in [1.29, 1.82) is 0 Å². The van der Waals surface area contributed by atoms with Crippen molar-refractivity contribution >= 4 is 17.1 Å². The van der Waals surface area contributed by atoms with Crippen LogP contribution in [-0.2, 0) is 4.74 Å². The van der Waals surface area contributed by atoms with Gasteiger partial charge in [-0.2, -0.15) is 5.10 Å². The third-order valence-corrected chi connectivity index (χ3v) is 8.48. The minimum Gasteiger partial charge on any atom is -0.500 e. The zero-order valence-electron chi connectivity index (χ0n) is 25.6. The number of rotatable bonds is 9. The Kier molecular flexibility index (Phi) is 9.31. The molecule has 0 amide bonds. The fourth-order valence-corrected chi connectivity index (χ4v) is 6.11. The van der Waals surface area contributed by atoms with Gasteiger partial charge in [-0.15, -0.1) is 10.2 Å². The summed E-state index contributed by atoms with van der Waals surface area (Å²) in [6, 6.07) is 0.0954. The second kappa shape index (κ2) is 13.9. The molecule has 1 N–H and O–H groups in total. The summed E-state index contributed by atoms with van der Waals surface area (Å²) in [7, 11) is 1.73. The number of likely N-dealkylation sites (tertiary alicyclic amines) is 1. The topological polar surface area (TPSA) is 91.4 Å². The maximum Gasteiger partial charge on any atom is 0.247 e. The molecule has 4 aliphatic heterocycles. The van der Waals surface area contributed by atoms with Crippen LogP contribution < -0.4 is 5.43 Å². The summed E-state index contributed by atoms with van der Waals surface area (Å²) in [6.45, 7) is 9.97. The van der Waals surface area contributed by atoms with E-state index < -0.39 is 0 Å². The van der Waals surface area contributed by atoms with Crippen molar-refractivity contribution in [1.82, 2.24) is 25.4 Å². The molecule has 0 aromatic carbocycles. The average Bonchev–Trinajstić information content (AvgIpc) is 3.71. The first-order valence-corrected chi connectivity index (χ1v) is 15.5. The molecule has 6 rings (SSSR count). The lowest BCUT2D eigenvalue weighted by molar-refractivity contribution is 0.169. The average molecular weight is 592 g/mol. The van der Waals surface area contributed by atoms with Gasteiger partial charge in [0.25, 0.3) is 0 Å². The highest BCUT2D eigenvalue weighted by molar-refractivity contribution is 6.10. The molecule has 5 aliphatic rings. The summed E-state index contributed by atoms with van der Waals surface area (Å²) >= 11 is 0. The second-order valence-corrected chi connectivity index (χ2v) is 11.4. The molecule has 228 valence electrons. The normalized spacial score (nSPS) is 25.8. The van der Waals surface area contributed by atoms with Gasteiger partial charge in [0.15, 0.2) is 0 Å². The van der Waals surface area contributed by atoms with Crippen molar-refractivity contribution in [2.45, 2.75) is 38.1 Å². The molecule has 1 aromatic rings. The summed E-state index contributed by atoms with van der Waals surface area (Å²) in [5, 5.41) is 13.7. The molecule has 0 spiro atoms. The number of ether oxygens (including phenoxy) is 1. The zero-order valence-corrected chi connectivity index (χ0v) is 25.6. The number of piperidine rings is 1. The number of aromatic nitrogens is 2. The number of fused-ring (bicyclic) bond motifs is 2.